The number of furan rings is 1. The number of carbonyl (C=O) groups is 2. The number of methoxy groups -OCH3 is 1. The third-order valence-corrected chi connectivity index (χ3v) is 3.71. The van der Waals surface area contributed by atoms with Crippen molar-refractivity contribution in [1.82, 2.24) is 4.98 Å². The normalized spacial score (nSPS) is 9.96. The van der Waals surface area contributed by atoms with Crippen molar-refractivity contribution in [3.63, 3.8) is 0 Å². The fourth-order valence-electron chi connectivity index (χ4n) is 2.14. The van der Waals surface area contributed by atoms with Gasteiger partial charge in [-0.3, -0.25) is 9.59 Å². The van der Waals surface area contributed by atoms with Gasteiger partial charge in [0.1, 0.15) is 11.4 Å². The minimum Gasteiger partial charge on any atom is -0.469 e. The molecular formula is C18H18ClN3O4. The standard InChI is InChI=1S/C12H11NO4.C6H7ClN2/c1-16-11(15)5-7-2-3-9-8(4-7)12(13)10(6-14)17-9;1-8-6-3-2-5(7)4-9-6/h2-4,6H,5,13H2,1H3;2-4H,1H3,(H,8,9). The Balaban J connectivity index is 0.000000228. The highest BCUT2D eigenvalue weighted by molar-refractivity contribution is 6.30. The number of nitrogens with one attached hydrogen (secondary N) is 1. The summed E-state index contributed by atoms with van der Waals surface area (Å²) in [6.07, 6.45) is 2.33. The van der Waals surface area contributed by atoms with Crippen LogP contribution in [0.4, 0.5) is 11.5 Å². The first-order valence-electron chi connectivity index (χ1n) is 7.60. The Bertz CT molecular complexity index is 907. The lowest BCUT2D eigenvalue weighted by Crippen LogP contribution is -2.04. The van der Waals surface area contributed by atoms with Crippen LogP contribution in [0.1, 0.15) is 16.1 Å². The van der Waals surface area contributed by atoms with Crippen LogP contribution in [0, 0.1) is 0 Å². The van der Waals surface area contributed by atoms with Crippen LogP contribution in [0.2, 0.25) is 5.02 Å². The Morgan fingerprint density at radius 2 is 2.15 bits per heavy atom. The van der Waals surface area contributed by atoms with Crippen LogP contribution in [-0.4, -0.2) is 31.4 Å². The third-order valence-electron chi connectivity index (χ3n) is 3.49. The number of benzene rings is 1. The molecule has 0 amide bonds. The average Bonchev–Trinajstić information content (AvgIpc) is 2.98. The van der Waals surface area contributed by atoms with E-state index >= 15 is 0 Å². The Labute approximate surface area is 155 Å². The van der Waals surface area contributed by atoms with Crippen molar-refractivity contribution in [2.24, 2.45) is 0 Å². The quantitative estimate of drug-likeness (QED) is 0.532. The second kappa shape index (κ2) is 8.87. The molecule has 3 N–H and O–H groups in total. The summed E-state index contributed by atoms with van der Waals surface area (Å²) in [5.41, 5.74) is 7.32. The van der Waals surface area contributed by atoms with Crippen molar-refractivity contribution in [2.75, 3.05) is 25.2 Å². The lowest BCUT2D eigenvalue weighted by Gasteiger charge is -1.99. The summed E-state index contributed by atoms with van der Waals surface area (Å²) in [6.45, 7) is 0. The molecule has 3 rings (SSSR count). The molecule has 0 saturated carbocycles. The van der Waals surface area contributed by atoms with Crippen molar-refractivity contribution in [3.05, 3.63) is 52.9 Å². The van der Waals surface area contributed by atoms with Crippen LogP contribution in [0.15, 0.2) is 40.9 Å². The second-order valence-corrected chi connectivity index (χ2v) is 5.63. The van der Waals surface area contributed by atoms with Crippen LogP contribution in [0.3, 0.4) is 0 Å². The van der Waals surface area contributed by atoms with E-state index in [1.54, 1.807) is 30.5 Å². The number of carbonyl (C=O) groups excluding carboxylic acids is 2. The smallest absolute Gasteiger partial charge is 0.309 e. The molecule has 8 heteroatoms. The molecule has 0 aliphatic rings. The molecule has 7 nitrogen and oxygen atoms in total. The summed E-state index contributed by atoms with van der Waals surface area (Å²) in [5, 5.41) is 4.18. The largest absolute Gasteiger partial charge is 0.469 e. The number of esters is 1. The first kappa shape index (κ1) is 19.3. The number of fused-ring (bicyclic) bond motifs is 1. The van der Waals surface area contributed by atoms with E-state index in [4.69, 9.17) is 21.8 Å². The lowest BCUT2D eigenvalue weighted by atomic mass is 10.1. The first-order chi connectivity index (χ1) is 12.5. The highest BCUT2D eigenvalue weighted by Gasteiger charge is 2.12. The molecule has 0 saturated heterocycles. The van der Waals surface area contributed by atoms with Gasteiger partial charge in [-0.05, 0) is 29.8 Å². The van der Waals surface area contributed by atoms with Crippen LogP contribution in [0.5, 0.6) is 0 Å². The summed E-state index contributed by atoms with van der Waals surface area (Å²) < 4.78 is 9.80. The van der Waals surface area contributed by atoms with Crippen molar-refractivity contribution in [3.8, 4) is 0 Å². The molecule has 0 spiro atoms. The number of anilines is 2. The average molecular weight is 376 g/mol. The molecule has 26 heavy (non-hydrogen) atoms. The van der Waals surface area contributed by atoms with E-state index in [1.807, 2.05) is 13.1 Å². The number of pyridine rings is 1. The minimum absolute atomic E-state index is 0.107. The fourth-order valence-corrected chi connectivity index (χ4v) is 2.25. The number of hydrogen-bond donors (Lipinski definition) is 2. The van der Waals surface area contributed by atoms with Crippen molar-refractivity contribution < 1.29 is 18.7 Å². The molecule has 0 fully saturated rings. The third kappa shape index (κ3) is 4.73. The molecule has 0 atom stereocenters. The van der Waals surface area contributed by atoms with Gasteiger partial charge in [0.15, 0.2) is 12.0 Å². The number of nitrogen functional groups attached to an aromatic ring is 1. The van der Waals surface area contributed by atoms with Gasteiger partial charge in [0, 0.05) is 18.6 Å². The summed E-state index contributed by atoms with van der Waals surface area (Å²) in [6, 6.07) is 8.74. The number of ether oxygens (including phenoxy) is 1. The van der Waals surface area contributed by atoms with Gasteiger partial charge in [0.25, 0.3) is 0 Å². The Hall–Kier alpha value is -3.06. The zero-order chi connectivity index (χ0) is 19.1. The van der Waals surface area contributed by atoms with E-state index in [9.17, 15) is 9.59 Å². The maximum atomic E-state index is 11.1. The highest BCUT2D eigenvalue weighted by Crippen LogP contribution is 2.28. The van der Waals surface area contributed by atoms with E-state index in [-0.39, 0.29) is 18.2 Å². The topological polar surface area (TPSA) is 107 Å². The molecule has 0 bridgehead atoms. The SMILES string of the molecule is CNc1ccc(Cl)cn1.COC(=O)Cc1ccc2oc(C=O)c(N)c2c1. The van der Waals surface area contributed by atoms with Crippen LogP contribution in [-0.2, 0) is 16.0 Å². The Kier molecular flexibility index (Phi) is 6.57. The predicted octanol–water partition coefficient (Wildman–Crippen LogP) is 3.32. The van der Waals surface area contributed by atoms with Gasteiger partial charge in [-0.25, -0.2) is 4.98 Å². The first-order valence-corrected chi connectivity index (χ1v) is 7.98. The number of rotatable bonds is 4. The van der Waals surface area contributed by atoms with Crippen molar-refractivity contribution in [1.29, 1.82) is 0 Å². The summed E-state index contributed by atoms with van der Waals surface area (Å²) >= 11 is 5.58. The number of nitrogens with two attached hydrogens (primary N) is 1. The van der Waals surface area contributed by atoms with E-state index in [2.05, 4.69) is 15.0 Å². The fraction of sp³-hybridized carbons (Fsp3) is 0.167. The van der Waals surface area contributed by atoms with E-state index < -0.39 is 0 Å². The van der Waals surface area contributed by atoms with E-state index in [0.717, 1.165) is 11.4 Å². The molecular weight excluding hydrogens is 358 g/mol. The number of aldehydes is 1. The van der Waals surface area contributed by atoms with Crippen molar-refractivity contribution >= 4 is 46.3 Å². The summed E-state index contributed by atoms with van der Waals surface area (Å²) in [7, 11) is 3.15. The maximum Gasteiger partial charge on any atom is 0.309 e. The zero-order valence-corrected chi connectivity index (χ0v) is 15.0. The van der Waals surface area contributed by atoms with E-state index in [1.165, 1.54) is 7.11 Å². The molecule has 0 aliphatic carbocycles. The van der Waals surface area contributed by atoms with E-state index in [0.29, 0.717) is 28.0 Å². The lowest BCUT2D eigenvalue weighted by molar-refractivity contribution is -0.139. The summed E-state index contributed by atoms with van der Waals surface area (Å²) in [4.78, 5) is 25.7. The Morgan fingerprint density at radius 1 is 1.38 bits per heavy atom. The summed E-state index contributed by atoms with van der Waals surface area (Å²) in [5.74, 6) is 0.608. The van der Waals surface area contributed by atoms with Gasteiger partial charge < -0.3 is 20.2 Å². The molecule has 2 aromatic heterocycles. The van der Waals surface area contributed by atoms with Gasteiger partial charge in [-0.2, -0.15) is 0 Å². The van der Waals surface area contributed by atoms with Gasteiger partial charge in [0.2, 0.25) is 0 Å². The van der Waals surface area contributed by atoms with Crippen molar-refractivity contribution in [2.45, 2.75) is 6.42 Å². The highest BCUT2D eigenvalue weighted by atomic mass is 35.5. The monoisotopic (exact) mass is 375 g/mol. The number of halogens is 1. The van der Waals surface area contributed by atoms with Gasteiger partial charge >= 0.3 is 5.97 Å². The van der Waals surface area contributed by atoms with Gasteiger partial charge in [-0.15, -0.1) is 0 Å². The number of aromatic nitrogens is 1. The molecule has 136 valence electrons. The molecule has 1 aromatic carbocycles. The predicted molar refractivity (Wildman–Crippen MR) is 101 cm³/mol. The Morgan fingerprint density at radius 3 is 2.73 bits per heavy atom. The second-order valence-electron chi connectivity index (χ2n) is 5.19. The number of nitrogens with zero attached hydrogens (tertiary/aromatic N) is 1. The zero-order valence-electron chi connectivity index (χ0n) is 14.3. The van der Waals surface area contributed by atoms with Crippen LogP contribution in [0.25, 0.3) is 11.0 Å². The van der Waals surface area contributed by atoms with Gasteiger partial charge in [-0.1, -0.05) is 17.7 Å². The van der Waals surface area contributed by atoms with Gasteiger partial charge in [0.05, 0.1) is 24.2 Å². The minimum atomic E-state index is -0.331. The molecule has 3 aromatic rings. The molecule has 0 radical (unpaired) electrons. The molecule has 0 unspecified atom stereocenters. The van der Waals surface area contributed by atoms with Crippen LogP contribution < -0.4 is 11.1 Å². The number of hydrogen-bond acceptors (Lipinski definition) is 7. The van der Waals surface area contributed by atoms with Crippen LogP contribution >= 0.6 is 11.6 Å². The molecule has 2 heterocycles. The molecule has 0 aliphatic heterocycles. The maximum absolute atomic E-state index is 11.1.